The molecule has 0 bridgehead atoms. The SMILES string of the molecule is CC1CC(NCCCO)CN1C. The third-order valence-corrected chi connectivity index (χ3v) is 2.65. The summed E-state index contributed by atoms with van der Waals surface area (Å²) in [5.41, 5.74) is 0. The molecule has 0 aliphatic carbocycles. The van der Waals surface area contributed by atoms with E-state index in [9.17, 15) is 0 Å². The number of hydrogen-bond acceptors (Lipinski definition) is 3. The molecule has 3 nitrogen and oxygen atoms in total. The molecule has 1 fully saturated rings. The van der Waals surface area contributed by atoms with Crippen molar-refractivity contribution in [2.24, 2.45) is 0 Å². The van der Waals surface area contributed by atoms with E-state index in [1.807, 2.05) is 0 Å². The van der Waals surface area contributed by atoms with Gasteiger partial charge in [0, 0.05) is 25.2 Å². The van der Waals surface area contributed by atoms with Crippen molar-refractivity contribution in [2.45, 2.75) is 31.8 Å². The van der Waals surface area contributed by atoms with E-state index >= 15 is 0 Å². The van der Waals surface area contributed by atoms with Crippen LogP contribution in [-0.2, 0) is 0 Å². The third-order valence-electron chi connectivity index (χ3n) is 2.65. The monoisotopic (exact) mass is 172 g/mol. The lowest BCUT2D eigenvalue weighted by atomic mass is 10.2. The molecule has 72 valence electrons. The largest absolute Gasteiger partial charge is 0.396 e. The Morgan fingerprint density at radius 3 is 2.83 bits per heavy atom. The minimum absolute atomic E-state index is 0.297. The number of hydrogen-bond donors (Lipinski definition) is 2. The Morgan fingerprint density at radius 2 is 2.33 bits per heavy atom. The summed E-state index contributed by atoms with van der Waals surface area (Å²) in [6.45, 7) is 4.65. The predicted molar refractivity (Wildman–Crippen MR) is 50.2 cm³/mol. The zero-order chi connectivity index (χ0) is 8.97. The maximum absolute atomic E-state index is 8.59. The molecule has 2 unspecified atom stereocenters. The Morgan fingerprint density at radius 1 is 1.58 bits per heavy atom. The van der Waals surface area contributed by atoms with E-state index in [4.69, 9.17) is 5.11 Å². The van der Waals surface area contributed by atoms with Crippen molar-refractivity contribution >= 4 is 0 Å². The normalized spacial score (nSPS) is 31.2. The second-order valence-corrected chi connectivity index (χ2v) is 3.75. The lowest BCUT2D eigenvalue weighted by Gasteiger charge is -2.12. The lowest BCUT2D eigenvalue weighted by Crippen LogP contribution is -2.32. The molecule has 1 aliphatic heterocycles. The van der Waals surface area contributed by atoms with Crippen molar-refractivity contribution in [2.75, 3.05) is 26.7 Å². The highest BCUT2D eigenvalue weighted by Crippen LogP contribution is 2.14. The van der Waals surface area contributed by atoms with Gasteiger partial charge in [-0.3, -0.25) is 0 Å². The second-order valence-electron chi connectivity index (χ2n) is 3.75. The van der Waals surface area contributed by atoms with Crippen LogP contribution in [0.25, 0.3) is 0 Å². The zero-order valence-electron chi connectivity index (χ0n) is 8.08. The second kappa shape index (κ2) is 4.80. The van der Waals surface area contributed by atoms with Gasteiger partial charge in [0.25, 0.3) is 0 Å². The first-order valence-electron chi connectivity index (χ1n) is 4.78. The molecule has 12 heavy (non-hydrogen) atoms. The van der Waals surface area contributed by atoms with Gasteiger partial charge in [-0.25, -0.2) is 0 Å². The van der Waals surface area contributed by atoms with Crippen molar-refractivity contribution in [1.82, 2.24) is 10.2 Å². The Bertz CT molecular complexity index is 120. The van der Waals surface area contributed by atoms with Gasteiger partial charge in [0.05, 0.1) is 0 Å². The number of nitrogens with one attached hydrogen (secondary N) is 1. The summed E-state index contributed by atoms with van der Waals surface area (Å²) in [6.07, 6.45) is 2.11. The lowest BCUT2D eigenvalue weighted by molar-refractivity contribution is 0.282. The van der Waals surface area contributed by atoms with Crippen LogP contribution in [0.4, 0.5) is 0 Å². The van der Waals surface area contributed by atoms with Crippen molar-refractivity contribution in [3.05, 3.63) is 0 Å². The zero-order valence-corrected chi connectivity index (χ0v) is 8.08. The average Bonchev–Trinajstić information content (AvgIpc) is 2.32. The van der Waals surface area contributed by atoms with Crippen molar-refractivity contribution < 1.29 is 5.11 Å². The number of rotatable bonds is 4. The topological polar surface area (TPSA) is 35.5 Å². The van der Waals surface area contributed by atoms with E-state index in [0.29, 0.717) is 18.7 Å². The molecule has 0 aromatic rings. The van der Waals surface area contributed by atoms with Gasteiger partial charge in [0.1, 0.15) is 0 Å². The van der Waals surface area contributed by atoms with E-state index < -0.39 is 0 Å². The minimum atomic E-state index is 0.297. The Kier molecular flexibility index (Phi) is 3.98. The number of likely N-dealkylation sites (N-methyl/N-ethyl adjacent to an activating group) is 1. The molecule has 0 aromatic carbocycles. The van der Waals surface area contributed by atoms with E-state index in [-0.39, 0.29) is 0 Å². The molecule has 0 amide bonds. The van der Waals surface area contributed by atoms with Crippen LogP contribution in [0.2, 0.25) is 0 Å². The number of likely N-dealkylation sites (tertiary alicyclic amines) is 1. The van der Waals surface area contributed by atoms with Gasteiger partial charge < -0.3 is 15.3 Å². The van der Waals surface area contributed by atoms with E-state index in [2.05, 4.69) is 24.2 Å². The van der Waals surface area contributed by atoms with Gasteiger partial charge in [0.15, 0.2) is 0 Å². The predicted octanol–water partition coefficient (Wildman–Crippen LogP) is 0.0510. The summed E-state index contributed by atoms with van der Waals surface area (Å²) in [5, 5.41) is 12.0. The summed E-state index contributed by atoms with van der Waals surface area (Å²) in [4.78, 5) is 2.37. The smallest absolute Gasteiger partial charge is 0.0443 e. The molecule has 3 heteroatoms. The molecule has 1 rings (SSSR count). The molecule has 1 aliphatic rings. The highest BCUT2D eigenvalue weighted by molar-refractivity contribution is 4.84. The summed E-state index contributed by atoms with van der Waals surface area (Å²) in [7, 11) is 2.17. The fourth-order valence-corrected chi connectivity index (χ4v) is 1.73. The maximum Gasteiger partial charge on any atom is 0.0443 e. The quantitative estimate of drug-likeness (QED) is 0.588. The number of aliphatic hydroxyl groups excluding tert-OH is 1. The first kappa shape index (κ1) is 9.96. The highest BCUT2D eigenvalue weighted by Gasteiger charge is 2.24. The van der Waals surface area contributed by atoms with Gasteiger partial charge in [-0.2, -0.15) is 0 Å². The van der Waals surface area contributed by atoms with E-state index in [1.54, 1.807) is 0 Å². The first-order chi connectivity index (χ1) is 5.74. The number of aliphatic hydroxyl groups is 1. The Hall–Kier alpha value is -0.120. The molecule has 0 saturated carbocycles. The minimum Gasteiger partial charge on any atom is -0.396 e. The van der Waals surface area contributed by atoms with Gasteiger partial charge in [-0.05, 0) is 33.4 Å². The maximum atomic E-state index is 8.59. The average molecular weight is 172 g/mol. The standard InChI is InChI=1S/C9H20N2O/c1-8-6-9(7-11(8)2)10-4-3-5-12/h8-10,12H,3-7H2,1-2H3. The van der Waals surface area contributed by atoms with Crippen molar-refractivity contribution in [3.8, 4) is 0 Å². The van der Waals surface area contributed by atoms with E-state index in [1.165, 1.54) is 6.42 Å². The van der Waals surface area contributed by atoms with E-state index in [0.717, 1.165) is 19.5 Å². The summed E-state index contributed by atoms with van der Waals surface area (Å²) >= 11 is 0. The fourth-order valence-electron chi connectivity index (χ4n) is 1.73. The summed E-state index contributed by atoms with van der Waals surface area (Å²) in [5.74, 6) is 0. The molecule has 1 heterocycles. The molecule has 2 atom stereocenters. The van der Waals surface area contributed by atoms with Crippen LogP contribution in [0.5, 0.6) is 0 Å². The van der Waals surface area contributed by atoms with Crippen LogP contribution in [0.15, 0.2) is 0 Å². The van der Waals surface area contributed by atoms with Crippen LogP contribution in [0.1, 0.15) is 19.8 Å². The van der Waals surface area contributed by atoms with Crippen molar-refractivity contribution in [3.63, 3.8) is 0 Å². The van der Waals surface area contributed by atoms with Crippen LogP contribution in [-0.4, -0.2) is 48.8 Å². The van der Waals surface area contributed by atoms with Gasteiger partial charge in [-0.15, -0.1) is 0 Å². The number of nitrogens with zero attached hydrogens (tertiary/aromatic N) is 1. The van der Waals surface area contributed by atoms with Crippen LogP contribution in [0.3, 0.4) is 0 Å². The highest BCUT2D eigenvalue weighted by atomic mass is 16.3. The van der Waals surface area contributed by atoms with Crippen LogP contribution >= 0.6 is 0 Å². The van der Waals surface area contributed by atoms with Gasteiger partial charge in [-0.1, -0.05) is 0 Å². The molecule has 2 N–H and O–H groups in total. The molecular formula is C9H20N2O. The van der Waals surface area contributed by atoms with Gasteiger partial charge >= 0.3 is 0 Å². The molecule has 0 aromatic heterocycles. The molecule has 0 radical (unpaired) electrons. The van der Waals surface area contributed by atoms with Crippen LogP contribution < -0.4 is 5.32 Å². The molecule has 1 saturated heterocycles. The first-order valence-corrected chi connectivity index (χ1v) is 4.78. The molecule has 0 spiro atoms. The van der Waals surface area contributed by atoms with Gasteiger partial charge in [0.2, 0.25) is 0 Å². The van der Waals surface area contributed by atoms with Crippen LogP contribution in [0, 0.1) is 0 Å². The third kappa shape index (κ3) is 2.73. The fraction of sp³-hybridized carbons (Fsp3) is 1.00. The summed E-state index contributed by atoms with van der Waals surface area (Å²) < 4.78 is 0. The Balaban J connectivity index is 2.10. The Labute approximate surface area is 74.8 Å². The van der Waals surface area contributed by atoms with Crippen molar-refractivity contribution in [1.29, 1.82) is 0 Å². The molecular weight excluding hydrogens is 152 g/mol. The summed E-state index contributed by atoms with van der Waals surface area (Å²) in [6, 6.07) is 1.34.